The van der Waals surface area contributed by atoms with Gasteiger partial charge in [0.25, 0.3) is 5.91 Å². The molecule has 0 spiro atoms. The minimum absolute atomic E-state index is 0.177. The van der Waals surface area contributed by atoms with E-state index >= 15 is 0 Å². The van der Waals surface area contributed by atoms with E-state index in [0.29, 0.717) is 5.69 Å². The molecule has 20 heavy (non-hydrogen) atoms. The Kier molecular flexibility index (Phi) is 4.85. The lowest BCUT2D eigenvalue weighted by Crippen LogP contribution is -2.16. The van der Waals surface area contributed by atoms with Gasteiger partial charge in [0.15, 0.2) is 0 Å². The van der Waals surface area contributed by atoms with E-state index in [1.54, 1.807) is 6.20 Å². The first-order valence-electron chi connectivity index (χ1n) is 6.73. The summed E-state index contributed by atoms with van der Waals surface area (Å²) >= 11 is 0. The van der Waals surface area contributed by atoms with Crippen LogP contribution in [0.5, 0.6) is 0 Å². The molecule has 0 saturated heterocycles. The largest absolute Gasteiger partial charge is 0.321 e. The van der Waals surface area contributed by atoms with Crippen molar-refractivity contribution >= 4 is 11.6 Å². The molecule has 0 fully saturated rings. The van der Waals surface area contributed by atoms with E-state index in [0.717, 1.165) is 29.9 Å². The molecule has 0 unspecified atom stereocenters. The van der Waals surface area contributed by atoms with Crippen LogP contribution in [0.3, 0.4) is 0 Å². The zero-order chi connectivity index (χ0) is 14.4. The highest BCUT2D eigenvalue weighted by Gasteiger charge is 2.10. The van der Waals surface area contributed by atoms with Crippen molar-refractivity contribution < 1.29 is 4.79 Å². The van der Waals surface area contributed by atoms with Gasteiger partial charge in [-0.1, -0.05) is 25.1 Å². The number of carbonyl (C=O) groups excluding carboxylic acids is 1. The molecule has 0 bridgehead atoms. The predicted molar refractivity (Wildman–Crippen MR) is 80.7 cm³/mol. The summed E-state index contributed by atoms with van der Waals surface area (Å²) in [5.41, 5.74) is 3.26. The standard InChI is InChI=1S/C16H19N3O/c1-3-17-11-13-7-4-8-14(10-13)19-16(20)15-12(2)6-5-9-18-15/h4-10,17H,3,11H2,1-2H3,(H,19,20). The molecule has 0 aliphatic carbocycles. The first kappa shape index (κ1) is 14.2. The van der Waals surface area contributed by atoms with Crippen molar-refractivity contribution in [3.8, 4) is 0 Å². The average Bonchev–Trinajstić information content (AvgIpc) is 2.46. The van der Waals surface area contributed by atoms with Gasteiger partial charge in [-0.05, 0) is 42.8 Å². The van der Waals surface area contributed by atoms with Gasteiger partial charge in [-0.3, -0.25) is 9.78 Å². The summed E-state index contributed by atoms with van der Waals surface area (Å²) in [5, 5.41) is 6.15. The average molecular weight is 269 g/mol. The van der Waals surface area contributed by atoms with Crippen LogP contribution in [-0.2, 0) is 6.54 Å². The summed E-state index contributed by atoms with van der Waals surface area (Å²) in [6.07, 6.45) is 1.63. The van der Waals surface area contributed by atoms with Gasteiger partial charge in [0.05, 0.1) is 0 Å². The number of carbonyl (C=O) groups is 1. The Morgan fingerprint density at radius 1 is 1.25 bits per heavy atom. The summed E-state index contributed by atoms with van der Waals surface area (Å²) < 4.78 is 0. The van der Waals surface area contributed by atoms with Crippen LogP contribution in [0.25, 0.3) is 0 Å². The Morgan fingerprint density at radius 2 is 2.10 bits per heavy atom. The van der Waals surface area contributed by atoms with Gasteiger partial charge in [-0.15, -0.1) is 0 Å². The number of rotatable bonds is 5. The molecular formula is C16H19N3O. The molecule has 0 radical (unpaired) electrons. The number of aryl methyl sites for hydroxylation is 1. The molecule has 0 aliphatic heterocycles. The molecule has 0 aliphatic rings. The Balaban J connectivity index is 2.10. The fourth-order valence-corrected chi connectivity index (χ4v) is 1.94. The van der Waals surface area contributed by atoms with Gasteiger partial charge < -0.3 is 10.6 Å². The minimum Gasteiger partial charge on any atom is -0.321 e. The van der Waals surface area contributed by atoms with E-state index in [2.05, 4.69) is 22.5 Å². The van der Waals surface area contributed by atoms with Crippen LogP contribution in [0.4, 0.5) is 5.69 Å². The van der Waals surface area contributed by atoms with E-state index in [-0.39, 0.29) is 5.91 Å². The minimum atomic E-state index is -0.177. The normalized spacial score (nSPS) is 10.3. The molecule has 4 nitrogen and oxygen atoms in total. The summed E-state index contributed by atoms with van der Waals surface area (Å²) in [6, 6.07) is 11.5. The quantitative estimate of drug-likeness (QED) is 0.877. The molecule has 2 aromatic rings. The number of hydrogen-bond acceptors (Lipinski definition) is 3. The van der Waals surface area contributed by atoms with E-state index in [1.807, 2.05) is 43.3 Å². The Hall–Kier alpha value is -2.20. The third kappa shape index (κ3) is 3.65. The molecule has 104 valence electrons. The highest BCUT2D eigenvalue weighted by molar-refractivity contribution is 6.03. The van der Waals surface area contributed by atoms with Crippen LogP contribution in [0, 0.1) is 6.92 Å². The molecule has 1 heterocycles. The maximum absolute atomic E-state index is 12.2. The van der Waals surface area contributed by atoms with Crippen LogP contribution >= 0.6 is 0 Å². The molecule has 1 aromatic heterocycles. The molecule has 1 amide bonds. The highest BCUT2D eigenvalue weighted by Crippen LogP contribution is 2.13. The van der Waals surface area contributed by atoms with Crippen molar-refractivity contribution in [2.24, 2.45) is 0 Å². The van der Waals surface area contributed by atoms with Gasteiger partial charge in [0, 0.05) is 18.4 Å². The van der Waals surface area contributed by atoms with Crippen LogP contribution in [0.1, 0.15) is 28.5 Å². The number of aromatic nitrogens is 1. The van der Waals surface area contributed by atoms with Gasteiger partial charge in [-0.25, -0.2) is 0 Å². The highest BCUT2D eigenvalue weighted by atomic mass is 16.1. The fraction of sp³-hybridized carbons (Fsp3) is 0.250. The lowest BCUT2D eigenvalue weighted by molar-refractivity contribution is 0.102. The number of pyridine rings is 1. The predicted octanol–water partition coefficient (Wildman–Crippen LogP) is 2.75. The van der Waals surface area contributed by atoms with Gasteiger partial charge >= 0.3 is 0 Å². The molecule has 2 rings (SSSR count). The first-order valence-corrected chi connectivity index (χ1v) is 6.73. The SMILES string of the molecule is CCNCc1cccc(NC(=O)c2ncccc2C)c1. The molecule has 0 saturated carbocycles. The van der Waals surface area contributed by atoms with E-state index < -0.39 is 0 Å². The number of benzene rings is 1. The second-order valence-corrected chi connectivity index (χ2v) is 4.60. The third-order valence-corrected chi connectivity index (χ3v) is 2.99. The number of anilines is 1. The molecule has 0 atom stereocenters. The summed E-state index contributed by atoms with van der Waals surface area (Å²) in [5.74, 6) is -0.177. The number of amides is 1. The summed E-state index contributed by atoms with van der Waals surface area (Å²) in [4.78, 5) is 16.3. The van der Waals surface area contributed by atoms with Crippen LogP contribution in [0.2, 0.25) is 0 Å². The van der Waals surface area contributed by atoms with E-state index in [4.69, 9.17) is 0 Å². The lowest BCUT2D eigenvalue weighted by atomic mass is 10.1. The zero-order valence-corrected chi connectivity index (χ0v) is 11.8. The maximum atomic E-state index is 12.2. The number of nitrogens with one attached hydrogen (secondary N) is 2. The Labute approximate surface area is 119 Å². The summed E-state index contributed by atoms with van der Waals surface area (Å²) in [7, 11) is 0. The summed E-state index contributed by atoms with van der Waals surface area (Å²) in [6.45, 7) is 5.66. The van der Waals surface area contributed by atoms with E-state index in [9.17, 15) is 4.79 Å². The van der Waals surface area contributed by atoms with Crippen molar-refractivity contribution in [2.75, 3.05) is 11.9 Å². The molecule has 2 N–H and O–H groups in total. The van der Waals surface area contributed by atoms with Gasteiger partial charge in [0.1, 0.15) is 5.69 Å². The maximum Gasteiger partial charge on any atom is 0.274 e. The van der Waals surface area contributed by atoms with Crippen molar-refractivity contribution in [3.05, 3.63) is 59.4 Å². The lowest BCUT2D eigenvalue weighted by Gasteiger charge is -2.08. The molecule has 4 heteroatoms. The molecular weight excluding hydrogens is 250 g/mol. The van der Waals surface area contributed by atoms with Crippen LogP contribution in [-0.4, -0.2) is 17.4 Å². The van der Waals surface area contributed by atoms with Crippen molar-refractivity contribution in [2.45, 2.75) is 20.4 Å². The van der Waals surface area contributed by atoms with Crippen molar-refractivity contribution in [3.63, 3.8) is 0 Å². The topological polar surface area (TPSA) is 54.0 Å². The fourth-order valence-electron chi connectivity index (χ4n) is 1.94. The Morgan fingerprint density at radius 3 is 2.85 bits per heavy atom. The zero-order valence-electron chi connectivity index (χ0n) is 11.8. The number of hydrogen-bond donors (Lipinski definition) is 2. The van der Waals surface area contributed by atoms with Crippen molar-refractivity contribution in [1.82, 2.24) is 10.3 Å². The number of nitrogens with zero attached hydrogens (tertiary/aromatic N) is 1. The van der Waals surface area contributed by atoms with Crippen LogP contribution in [0.15, 0.2) is 42.6 Å². The first-order chi connectivity index (χ1) is 9.70. The van der Waals surface area contributed by atoms with Crippen LogP contribution < -0.4 is 10.6 Å². The van der Waals surface area contributed by atoms with Gasteiger partial charge in [-0.2, -0.15) is 0 Å². The van der Waals surface area contributed by atoms with Gasteiger partial charge in [0.2, 0.25) is 0 Å². The second-order valence-electron chi connectivity index (χ2n) is 4.60. The third-order valence-electron chi connectivity index (χ3n) is 2.99. The monoisotopic (exact) mass is 269 g/mol. The second kappa shape index (κ2) is 6.82. The molecule has 1 aromatic carbocycles. The van der Waals surface area contributed by atoms with Crippen molar-refractivity contribution in [1.29, 1.82) is 0 Å². The van der Waals surface area contributed by atoms with E-state index in [1.165, 1.54) is 0 Å². The Bertz CT molecular complexity index is 596. The smallest absolute Gasteiger partial charge is 0.274 e.